The van der Waals surface area contributed by atoms with Crippen molar-refractivity contribution in [1.29, 1.82) is 0 Å². The molecule has 2 rings (SSSR count). The van der Waals surface area contributed by atoms with Gasteiger partial charge in [-0.15, -0.1) is 0 Å². The second-order valence-corrected chi connectivity index (χ2v) is 7.95. The molecule has 0 radical (unpaired) electrons. The molecular formula is C23H38. The van der Waals surface area contributed by atoms with Gasteiger partial charge in [-0.1, -0.05) is 102 Å². The zero-order chi connectivity index (χ0) is 16.4. The Bertz CT molecular complexity index is 390. The average molecular weight is 315 g/mol. The van der Waals surface area contributed by atoms with Crippen LogP contribution in [0.3, 0.4) is 0 Å². The Balaban J connectivity index is 1.85. The van der Waals surface area contributed by atoms with Gasteiger partial charge >= 0.3 is 0 Å². The first-order chi connectivity index (χ1) is 11.3. The summed E-state index contributed by atoms with van der Waals surface area (Å²) in [5.41, 5.74) is 3.89. The van der Waals surface area contributed by atoms with Crippen molar-refractivity contribution in [3.63, 3.8) is 0 Å². The number of fused-ring (bicyclic) bond motifs is 1. The van der Waals surface area contributed by atoms with Gasteiger partial charge in [0.2, 0.25) is 0 Å². The number of benzene rings is 1. The van der Waals surface area contributed by atoms with Gasteiger partial charge in [0.05, 0.1) is 0 Å². The van der Waals surface area contributed by atoms with Crippen LogP contribution in [0.25, 0.3) is 0 Å². The van der Waals surface area contributed by atoms with Crippen LogP contribution in [0.15, 0.2) is 24.3 Å². The van der Waals surface area contributed by atoms with Crippen molar-refractivity contribution in [3.05, 3.63) is 35.4 Å². The maximum Gasteiger partial charge on any atom is -0.0216 e. The maximum atomic E-state index is 2.38. The van der Waals surface area contributed by atoms with E-state index in [4.69, 9.17) is 0 Å². The fourth-order valence-electron chi connectivity index (χ4n) is 4.46. The van der Waals surface area contributed by atoms with Crippen LogP contribution >= 0.6 is 0 Å². The lowest BCUT2D eigenvalue weighted by molar-refractivity contribution is 0.235. The maximum absolute atomic E-state index is 2.38. The molecule has 0 atom stereocenters. The highest BCUT2D eigenvalue weighted by Gasteiger charge is 2.35. The molecule has 1 aromatic rings. The minimum absolute atomic E-state index is 0.599. The monoisotopic (exact) mass is 314 g/mol. The van der Waals surface area contributed by atoms with E-state index in [1.807, 2.05) is 0 Å². The number of unbranched alkanes of at least 4 members (excludes halogenated alkanes) is 8. The second-order valence-electron chi connectivity index (χ2n) is 7.95. The average Bonchev–Trinajstić information content (AvgIpc) is 2.93. The van der Waals surface area contributed by atoms with E-state index in [2.05, 4.69) is 38.1 Å². The Morgan fingerprint density at radius 2 is 1.09 bits per heavy atom. The summed E-state index contributed by atoms with van der Waals surface area (Å²) in [4.78, 5) is 0. The first-order valence-corrected chi connectivity index (χ1v) is 10.4. The first-order valence-electron chi connectivity index (χ1n) is 10.4. The summed E-state index contributed by atoms with van der Waals surface area (Å²) in [6.45, 7) is 4.62. The van der Waals surface area contributed by atoms with Crippen LogP contribution in [0, 0.1) is 5.41 Å². The third-order valence-corrected chi connectivity index (χ3v) is 5.87. The first kappa shape index (κ1) is 18.6. The molecule has 0 unspecified atom stereocenters. The molecule has 0 amide bonds. The van der Waals surface area contributed by atoms with E-state index in [1.54, 1.807) is 11.1 Å². The smallest absolute Gasteiger partial charge is 0.0216 e. The summed E-state index contributed by atoms with van der Waals surface area (Å²) >= 11 is 0. The second kappa shape index (κ2) is 10.2. The van der Waals surface area contributed by atoms with Gasteiger partial charge < -0.3 is 0 Å². The third kappa shape index (κ3) is 5.98. The standard InChI is InChI=1S/C23H38/c1-3-5-7-9-13-17-23(18-14-10-8-6-4-2)19-21-15-11-12-16-22(21)20-23/h11-12,15-16H,3-10,13-14,17-20H2,1-2H3. The number of hydrogen-bond donors (Lipinski definition) is 0. The lowest BCUT2D eigenvalue weighted by atomic mass is 9.75. The van der Waals surface area contributed by atoms with Gasteiger partial charge in [-0.2, -0.15) is 0 Å². The van der Waals surface area contributed by atoms with Gasteiger partial charge in [0, 0.05) is 0 Å². The van der Waals surface area contributed by atoms with Crippen LogP contribution in [0.4, 0.5) is 0 Å². The summed E-state index contributed by atoms with van der Waals surface area (Å²) in [5.74, 6) is 0. The molecule has 0 saturated carbocycles. The Kier molecular flexibility index (Phi) is 8.20. The summed E-state index contributed by atoms with van der Waals surface area (Å²) in [5, 5.41) is 0. The molecule has 0 N–H and O–H groups in total. The zero-order valence-electron chi connectivity index (χ0n) is 15.7. The summed E-state index contributed by atoms with van der Waals surface area (Å²) in [6, 6.07) is 9.23. The largest absolute Gasteiger partial charge is 0.0654 e. The molecular weight excluding hydrogens is 276 g/mol. The van der Waals surface area contributed by atoms with Crippen LogP contribution in [-0.4, -0.2) is 0 Å². The minimum Gasteiger partial charge on any atom is -0.0654 e. The summed E-state index contributed by atoms with van der Waals surface area (Å²) in [7, 11) is 0. The molecule has 0 aromatic heterocycles. The molecule has 0 saturated heterocycles. The molecule has 0 aliphatic heterocycles. The Hall–Kier alpha value is -0.780. The van der Waals surface area contributed by atoms with Crippen molar-refractivity contribution in [2.75, 3.05) is 0 Å². The molecule has 0 heterocycles. The molecule has 0 fully saturated rings. The van der Waals surface area contributed by atoms with Crippen molar-refractivity contribution < 1.29 is 0 Å². The van der Waals surface area contributed by atoms with Crippen molar-refractivity contribution in [3.8, 4) is 0 Å². The van der Waals surface area contributed by atoms with E-state index in [-0.39, 0.29) is 0 Å². The molecule has 1 aliphatic rings. The summed E-state index contributed by atoms with van der Waals surface area (Å²) in [6.07, 6.45) is 19.8. The van der Waals surface area contributed by atoms with Gasteiger partial charge in [-0.25, -0.2) is 0 Å². The highest BCUT2D eigenvalue weighted by molar-refractivity contribution is 5.34. The fourth-order valence-corrected chi connectivity index (χ4v) is 4.46. The van der Waals surface area contributed by atoms with E-state index in [1.165, 1.54) is 89.9 Å². The fraction of sp³-hybridized carbons (Fsp3) is 0.739. The molecule has 130 valence electrons. The van der Waals surface area contributed by atoms with Crippen molar-refractivity contribution in [2.24, 2.45) is 5.41 Å². The molecule has 0 heteroatoms. The van der Waals surface area contributed by atoms with Crippen molar-refractivity contribution in [2.45, 2.75) is 104 Å². The van der Waals surface area contributed by atoms with Crippen molar-refractivity contribution in [1.82, 2.24) is 0 Å². The SMILES string of the molecule is CCCCCCCC1(CCCCCCC)Cc2ccccc2C1. The van der Waals surface area contributed by atoms with Gasteiger partial charge in [0.15, 0.2) is 0 Å². The number of rotatable bonds is 12. The minimum atomic E-state index is 0.599. The summed E-state index contributed by atoms with van der Waals surface area (Å²) < 4.78 is 0. The van der Waals surface area contributed by atoms with Crippen LogP contribution in [-0.2, 0) is 12.8 Å². The van der Waals surface area contributed by atoms with Gasteiger partial charge in [-0.05, 0) is 42.2 Å². The van der Waals surface area contributed by atoms with Crippen LogP contribution in [0.2, 0.25) is 0 Å². The highest BCUT2D eigenvalue weighted by Crippen LogP contribution is 2.44. The molecule has 1 aromatic carbocycles. The Morgan fingerprint density at radius 1 is 0.652 bits per heavy atom. The zero-order valence-corrected chi connectivity index (χ0v) is 15.7. The highest BCUT2D eigenvalue weighted by atomic mass is 14.4. The van der Waals surface area contributed by atoms with Gasteiger partial charge in [0.25, 0.3) is 0 Å². The topological polar surface area (TPSA) is 0 Å². The van der Waals surface area contributed by atoms with E-state index in [0.29, 0.717) is 5.41 Å². The lowest BCUT2D eigenvalue weighted by Crippen LogP contribution is -2.21. The molecule has 1 aliphatic carbocycles. The predicted octanol–water partition coefficient (Wildman–Crippen LogP) is 7.49. The lowest BCUT2D eigenvalue weighted by Gasteiger charge is -2.29. The Morgan fingerprint density at radius 3 is 1.52 bits per heavy atom. The van der Waals surface area contributed by atoms with Crippen LogP contribution in [0.5, 0.6) is 0 Å². The van der Waals surface area contributed by atoms with Crippen LogP contribution in [0.1, 0.15) is 102 Å². The molecule has 0 bridgehead atoms. The van der Waals surface area contributed by atoms with E-state index >= 15 is 0 Å². The molecule has 0 spiro atoms. The van der Waals surface area contributed by atoms with Gasteiger partial charge in [-0.3, -0.25) is 0 Å². The number of hydrogen-bond acceptors (Lipinski definition) is 0. The van der Waals surface area contributed by atoms with Gasteiger partial charge in [0.1, 0.15) is 0 Å². The Labute approximate surface area is 145 Å². The third-order valence-electron chi connectivity index (χ3n) is 5.87. The normalized spacial score (nSPS) is 15.7. The quantitative estimate of drug-likeness (QED) is 0.350. The molecule has 0 nitrogen and oxygen atoms in total. The van der Waals surface area contributed by atoms with Crippen molar-refractivity contribution >= 4 is 0 Å². The van der Waals surface area contributed by atoms with Crippen LogP contribution < -0.4 is 0 Å². The van der Waals surface area contributed by atoms with E-state index < -0.39 is 0 Å². The molecule has 23 heavy (non-hydrogen) atoms. The van der Waals surface area contributed by atoms with E-state index in [0.717, 1.165) is 0 Å². The van der Waals surface area contributed by atoms with E-state index in [9.17, 15) is 0 Å². The predicted molar refractivity (Wildman–Crippen MR) is 103 cm³/mol.